The molecule has 1 heterocycles. The van der Waals surface area contributed by atoms with Crippen LogP contribution in [0.15, 0.2) is 70.7 Å². The summed E-state index contributed by atoms with van der Waals surface area (Å²) < 4.78 is 0. The van der Waals surface area contributed by atoms with Gasteiger partial charge in [-0.25, -0.2) is 4.98 Å². The third kappa shape index (κ3) is 2.84. The van der Waals surface area contributed by atoms with Crippen LogP contribution in [-0.4, -0.2) is 4.98 Å². The standard InChI is InChI=1S/C17H16N2S/c1-12(18)14-8-9-19-17(11-14)20-16-7-6-13-4-2-3-5-15(13)10-16/h2-12H,18H2,1H3/t12-/m0/s1. The highest BCUT2D eigenvalue weighted by atomic mass is 32.2. The molecule has 2 N–H and O–H groups in total. The number of benzene rings is 2. The number of pyridine rings is 1. The van der Waals surface area contributed by atoms with Crippen molar-refractivity contribution in [3.05, 3.63) is 66.4 Å². The van der Waals surface area contributed by atoms with Crippen LogP contribution in [0, 0.1) is 0 Å². The lowest BCUT2D eigenvalue weighted by molar-refractivity contribution is 0.808. The smallest absolute Gasteiger partial charge is 0.101 e. The minimum Gasteiger partial charge on any atom is -0.324 e. The summed E-state index contributed by atoms with van der Waals surface area (Å²) >= 11 is 1.67. The van der Waals surface area contributed by atoms with Crippen LogP contribution in [0.2, 0.25) is 0 Å². The summed E-state index contributed by atoms with van der Waals surface area (Å²) in [6.07, 6.45) is 1.82. The molecule has 100 valence electrons. The fourth-order valence-corrected chi connectivity index (χ4v) is 2.99. The molecular weight excluding hydrogens is 264 g/mol. The van der Waals surface area contributed by atoms with Crippen molar-refractivity contribution in [2.24, 2.45) is 5.73 Å². The summed E-state index contributed by atoms with van der Waals surface area (Å²) in [5.74, 6) is 0. The number of fused-ring (bicyclic) bond motifs is 1. The van der Waals surface area contributed by atoms with E-state index in [4.69, 9.17) is 5.73 Å². The molecule has 0 unspecified atom stereocenters. The van der Waals surface area contributed by atoms with Crippen molar-refractivity contribution in [2.45, 2.75) is 22.9 Å². The van der Waals surface area contributed by atoms with Crippen LogP contribution in [0.3, 0.4) is 0 Å². The molecule has 0 aliphatic carbocycles. The molecule has 3 aromatic rings. The summed E-state index contributed by atoms with van der Waals surface area (Å²) in [7, 11) is 0. The number of nitrogens with two attached hydrogens (primary N) is 1. The van der Waals surface area contributed by atoms with Gasteiger partial charge in [-0.1, -0.05) is 42.1 Å². The van der Waals surface area contributed by atoms with E-state index in [9.17, 15) is 0 Å². The van der Waals surface area contributed by atoms with Crippen molar-refractivity contribution in [1.82, 2.24) is 4.98 Å². The maximum absolute atomic E-state index is 5.91. The predicted molar refractivity (Wildman–Crippen MR) is 84.9 cm³/mol. The summed E-state index contributed by atoms with van der Waals surface area (Å²) in [5.41, 5.74) is 7.03. The summed E-state index contributed by atoms with van der Waals surface area (Å²) in [6.45, 7) is 1.99. The van der Waals surface area contributed by atoms with E-state index in [0.29, 0.717) is 0 Å². The fraction of sp³-hybridized carbons (Fsp3) is 0.118. The Morgan fingerprint density at radius 2 is 1.80 bits per heavy atom. The highest BCUT2D eigenvalue weighted by Crippen LogP contribution is 2.29. The molecular formula is C17H16N2S. The molecule has 0 amide bonds. The Morgan fingerprint density at radius 1 is 1.00 bits per heavy atom. The van der Waals surface area contributed by atoms with Crippen molar-refractivity contribution in [3.63, 3.8) is 0 Å². The monoisotopic (exact) mass is 280 g/mol. The number of aromatic nitrogens is 1. The molecule has 0 aliphatic heterocycles. The molecule has 2 aromatic carbocycles. The zero-order valence-electron chi connectivity index (χ0n) is 11.3. The summed E-state index contributed by atoms with van der Waals surface area (Å²) in [5, 5.41) is 3.49. The van der Waals surface area contributed by atoms with E-state index in [1.54, 1.807) is 11.8 Å². The highest BCUT2D eigenvalue weighted by molar-refractivity contribution is 7.99. The van der Waals surface area contributed by atoms with E-state index in [1.807, 2.05) is 19.2 Å². The minimum atomic E-state index is 0.0361. The zero-order valence-corrected chi connectivity index (χ0v) is 12.1. The first-order chi connectivity index (χ1) is 9.72. The minimum absolute atomic E-state index is 0.0361. The van der Waals surface area contributed by atoms with Gasteiger partial charge in [0.05, 0.1) is 0 Å². The first-order valence-electron chi connectivity index (χ1n) is 6.60. The van der Waals surface area contributed by atoms with Gasteiger partial charge in [0, 0.05) is 17.1 Å². The maximum Gasteiger partial charge on any atom is 0.101 e. The van der Waals surface area contributed by atoms with Gasteiger partial charge in [-0.05, 0) is 47.5 Å². The third-order valence-electron chi connectivity index (χ3n) is 3.23. The van der Waals surface area contributed by atoms with Crippen molar-refractivity contribution >= 4 is 22.5 Å². The Labute approximate surface area is 123 Å². The lowest BCUT2D eigenvalue weighted by Gasteiger charge is -2.07. The van der Waals surface area contributed by atoms with Crippen LogP contribution in [0.4, 0.5) is 0 Å². The number of rotatable bonds is 3. The molecule has 0 fully saturated rings. The molecule has 0 aliphatic rings. The molecule has 3 heteroatoms. The second-order valence-electron chi connectivity index (χ2n) is 4.83. The zero-order chi connectivity index (χ0) is 13.9. The number of nitrogens with zero attached hydrogens (tertiary/aromatic N) is 1. The third-order valence-corrected chi connectivity index (χ3v) is 4.15. The normalized spacial score (nSPS) is 12.5. The lowest BCUT2D eigenvalue weighted by Crippen LogP contribution is -2.04. The Kier molecular flexibility index (Phi) is 3.72. The molecule has 2 nitrogen and oxygen atoms in total. The molecule has 0 radical (unpaired) electrons. The van der Waals surface area contributed by atoms with Gasteiger partial charge in [0.2, 0.25) is 0 Å². The summed E-state index contributed by atoms with van der Waals surface area (Å²) in [4.78, 5) is 5.60. The van der Waals surface area contributed by atoms with Crippen LogP contribution in [0.25, 0.3) is 10.8 Å². The van der Waals surface area contributed by atoms with E-state index in [0.717, 1.165) is 10.6 Å². The molecule has 0 spiro atoms. The second-order valence-corrected chi connectivity index (χ2v) is 5.92. The average Bonchev–Trinajstić information content (AvgIpc) is 2.47. The quantitative estimate of drug-likeness (QED) is 0.772. The maximum atomic E-state index is 5.91. The van der Waals surface area contributed by atoms with Gasteiger partial charge >= 0.3 is 0 Å². The van der Waals surface area contributed by atoms with Crippen molar-refractivity contribution < 1.29 is 0 Å². The van der Waals surface area contributed by atoms with Gasteiger partial charge in [-0.3, -0.25) is 0 Å². The Bertz CT molecular complexity index is 738. The van der Waals surface area contributed by atoms with Crippen molar-refractivity contribution in [3.8, 4) is 0 Å². The predicted octanol–water partition coefficient (Wildman–Crippen LogP) is 4.41. The van der Waals surface area contributed by atoms with E-state index in [-0.39, 0.29) is 6.04 Å². The molecule has 1 atom stereocenters. The van der Waals surface area contributed by atoms with E-state index < -0.39 is 0 Å². The van der Waals surface area contributed by atoms with Gasteiger partial charge in [0.1, 0.15) is 5.03 Å². The first kappa shape index (κ1) is 13.2. The first-order valence-corrected chi connectivity index (χ1v) is 7.42. The summed E-state index contributed by atoms with van der Waals surface area (Å²) in [6, 6.07) is 18.9. The SMILES string of the molecule is C[C@H](N)c1ccnc(Sc2ccc3ccccc3c2)c1. The molecule has 1 aromatic heterocycles. The van der Waals surface area contributed by atoms with Gasteiger partial charge in [0.25, 0.3) is 0 Å². The van der Waals surface area contributed by atoms with Crippen molar-refractivity contribution in [1.29, 1.82) is 0 Å². The second kappa shape index (κ2) is 5.65. The largest absolute Gasteiger partial charge is 0.324 e. The van der Waals surface area contributed by atoms with Crippen LogP contribution in [-0.2, 0) is 0 Å². The average molecular weight is 280 g/mol. The van der Waals surface area contributed by atoms with Gasteiger partial charge in [-0.2, -0.15) is 0 Å². The van der Waals surface area contributed by atoms with Crippen molar-refractivity contribution in [2.75, 3.05) is 0 Å². The van der Waals surface area contributed by atoms with E-state index >= 15 is 0 Å². The van der Waals surface area contributed by atoms with E-state index in [1.165, 1.54) is 15.7 Å². The van der Waals surface area contributed by atoms with Gasteiger partial charge in [0.15, 0.2) is 0 Å². The molecule has 0 saturated heterocycles. The van der Waals surface area contributed by atoms with Gasteiger partial charge < -0.3 is 5.73 Å². The molecule has 20 heavy (non-hydrogen) atoms. The van der Waals surface area contributed by atoms with Crippen LogP contribution < -0.4 is 5.73 Å². The van der Waals surface area contributed by atoms with Crippen LogP contribution >= 0.6 is 11.8 Å². The number of hydrogen-bond donors (Lipinski definition) is 1. The fourth-order valence-electron chi connectivity index (χ4n) is 2.12. The van der Waals surface area contributed by atoms with Crippen LogP contribution in [0.1, 0.15) is 18.5 Å². The molecule has 3 rings (SSSR count). The number of hydrogen-bond acceptors (Lipinski definition) is 3. The Hall–Kier alpha value is -1.84. The Balaban J connectivity index is 1.90. The van der Waals surface area contributed by atoms with Gasteiger partial charge in [-0.15, -0.1) is 0 Å². The molecule has 0 bridgehead atoms. The van der Waals surface area contributed by atoms with Crippen LogP contribution in [0.5, 0.6) is 0 Å². The topological polar surface area (TPSA) is 38.9 Å². The Morgan fingerprint density at radius 3 is 2.60 bits per heavy atom. The van der Waals surface area contributed by atoms with E-state index in [2.05, 4.69) is 53.5 Å². The molecule has 0 saturated carbocycles. The highest BCUT2D eigenvalue weighted by Gasteiger charge is 2.04. The lowest BCUT2D eigenvalue weighted by atomic mass is 10.1.